The van der Waals surface area contributed by atoms with Crippen LogP contribution in [0.1, 0.15) is 18.4 Å². The molecule has 1 aromatic rings. The minimum atomic E-state index is -0.581. The average molecular weight is 260 g/mol. The van der Waals surface area contributed by atoms with Gasteiger partial charge in [0.2, 0.25) is 0 Å². The van der Waals surface area contributed by atoms with E-state index in [-0.39, 0.29) is 11.2 Å². The van der Waals surface area contributed by atoms with Crippen LogP contribution in [0.25, 0.3) is 0 Å². The maximum Gasteiger partial charge on any atom is 0.165 e. The molecule has 0 atom stereocenters. The normalized spacial score (nSPS) is 18.2. The van der Waals surface area contributed by atoms with Gasteiger partial charge in [0, 0.05) is 22.0 Å². The van der Waals surface area contributed by atoms with E-state index in [4.69, 9.17) is 5.73 Å². The molecule has 2 rings (SSSR count). The number of phenols is 1. The third kappa shape index (κ3) is 1.33. The monoisotopic (exact) mass is 259 g/mol. The summed E-state index contributed by atoms with van der Waals surface area (Å²) in [6, 6.07) is 2.86. The van der Waals surface area contributed by atoms with Crippen molar-refractivity contribution in [2.24, 2.45) is 5.73 Å². The van der Waals surface area contributed by atoms with Gasteiger partial charge in [0.05, 0.1) is 0 Å². The zero-order valence-electron chi connectivity index (χ0n) is 7.56. The fraction of sp³-hybridized carbons (Fsp3) is 0.400. The van der Waals surface area contributed by atoms with Crippen molar-refractivity contribution in [1.29, 1.82) is 0 Å². The molecule has 2 nitrogen and oxygen atoms in total. The van der Waals surface area contributed by atoms with Gasteiger partial charge >= 0.3 is 0 Å². The molecule has 3 N–H and O–H groups in total. The highest BCUT2D eigenvalue weighted by Gasteiger charge is 2.46. The second-order valence-electron chi connectivity index (χ2n) is 3.74. The van der Waals surface area contributed by atoms with Gasteiger partial charge in [0.25, 0.3) is 0 Å². The maximum absolute atomic E-state index is 13.1. The summed E-state index contributed by atoms with van der Waals surface area (Å²) in [6.07, 6.45) is 1.83. The molecule has 0 bridgehead atoms. The van der Waals surface area contributed by atoms with Crippen LogP contribution in [0, 0.1) is 5.82 Å². The summed E-state index contributed by atoms with van der Waals surface area (Å²) in [4.78, 5) is 0. The van der Waals surface area contributed by atoms with Crippen molar-refractivity contribution in [3.63, 3.8) is 0 Å². The fourth-order valence-electron chi connectivity index (χ4n) is 1.75. The quantitative estimate of drug-likeness (QED) is 0.856. The Hall–Kier alpha value is -0.610. The van der Waals surface area contributed by atoms with Crippen LogP contribution in [0.4, 0.5) is 4.39 Å². The van der Waals surface area contributed by atoms with E-state index in [1.165, 1.54) is 6.07 Å². The number of aromatic hydroxyl groups is 1. The second kappa shape index (κ2) is 3.21. The summed E-state index contributed by atoms with van der Waals surface area (Å²) in [6.45, 7) is 0.447. The highest BCUT2D eigenvalue weighted by atomic mass is 79.9. The van der Waals surface area contributed by atoms with E-state index in [9.17, 15) is 9.50 Å². The van der Waals surface area contributed by atoms with Gasteiger partial charge in [-0.2, -0.15) is 0 Å². The molecular weight excluding hydrogens is 249 g/mol. The Morgan fingerprint density at radius 3 is 2.64 bits per heavy atom. The molecule has 0 heterocycles. The molecule has 0 spiro atoms. The standard InChI is InChI=1S/C10H11BrFNO/c11-6-1-2-7(12)9(14)8(6)10(5-13)3-4-10/h1-2,14H,3-5,13H2. The van der Waals surface area contributed by atoms with E-state index in [2.05, 4.69) is 15.9 Å². The number of hydrogen-bond donors (Lipinski definition) is 2. The fourth-order valence-corrected chi connectivity index (χ4v) is 2.49. The summed E-state index contributed by atoms with van der Waals surface area (Å²) in [5.74, 6) is -0.842. The molecule has 1 saturated carbocycles. The van der Waals surface area contributed by atoms with Crippen molar-refractivity contribution in [1.82, 2.24) is 0 Å². The van der Waals surface area contributed by atoms with Crippen molar-refractivity contribution in [2.45, 2.75) is 18.3 Å². The first-order chi connectivity index (χ1) is 6.60. The molecule has 0 amide bonds. The first kappa shape index (κ1) is 9.93. The van der Waals surface area contributed by atoms with Gasteiger partial charge in [0.15, 0.2) is 11.6 Å². The molecule has 0 saturated heterocycles. The summed E-state index contributed by atoms with van der Waals surface area (Å²) in [5, 5.41) is 9.62. The number of nitrogens with two attached hydrogens (primary N) is 1. The van der Waals surface area contributed by atoms with Crippen LogP contribution in [0.5, 0.6) is 5.75 Å². The number of rotatable bonds is 2. The third-order valence-corrected chi connectivity index (χ3v) is 3.51. The minimum Gasteiger partial charge on any atom is -0.505 e. The Morgan fingerprint density at radius 1 is 1.50 bits per heavy atom. The lowest BCUT2D eigenvalue weighted by molar-refractivity contribution is 0.418. The molecular formula is C10H11BrFNO. The smallest absolute Gasteiger partial charge is 0.165 e. The van der Waals surface area contributed by atoms with Crippen molar-refractivity contribution in [2.75, 3.05) is 6.54 Å². The lowest BCUT2D eigenvalue weighted by atomic mass is 9.95. The lowest BCUT2D eigenvalue weighted by Crippen LogP contribution is -2.20. The van der Waals surface area contributed by atoms with E-state index in [0.29, 0.717) is 12.1 Å². The number of hydrogen-bond acceptors (Lipinski definition) is 2. The summed E-state index contributed by atoms with van der Waals surface area (Å²) in [7, 11) is 0. The van der Waals surface area contributed by atoms with Gasteiger partial charge in [-0.15, -0.1) is 0 Å². The number of halogens is 2. The summed E-state index contributed by atoms with van der Waals surface area (Å²) in [5.41, 5.74) is 6.06. The Morgan fingerprint density at radius 2 is 2.14 bits per heavy atom. The van der Waals surface area contributed by atoms with Gasteiger partial charge in [-0.1, -0.05) is 15.9 Å². The van der Waals surface area contributed by atoms with Crippen molar-refractivity contribution in [3.05, 3.63) is 28.0 Å². The van der Waals surface area contributed by atoms with Crippen molar-refractivity contribution >= 4 is 15.9 Å². The number of phenolic OH excluding ortho intramolecular Hbond substituents is 1. The molecule has 14 heavy (non-hydrogen) atoms. The SMILES string of the molecule is NCC1(c2c(Br)ccc(F)c2O)CC1. The van der Waals surface area contributed by atoms with Crippen LogP contribution in [0.2, 0.25) is 0 Å². The Bertz CT molecular complexity index is 377. The predicted octanol–water partition coefficient (Wildman–Crippen LogP) is 2.28. The highest BCUT2D eigenvalue weighted by Crippen LogP contribution is 2.53. The molecule has 1 aromatic carbocycles. The van der Waals surface area contributed by atoms with E-state index in [0.717, 1.165) is 17.3 Å². The van der Waals surface area contributed by atoms with E-state index >= 15 is 0 Å². The highest BCUT2D eigenvalue weighted by molar-refractivity contribution is 9.10. The van der Waals surface area contributed by atoms with Crippen LogP contribution in [0.15, 0.2) is 16.6 Å². The zero-order chi connectivity index (χ0) is 10.3. The van der Waals surface area contributed by atoms with Gasteiger partial charge < -0.3 is 10.8 Å². The van der Waals surface area contributed by atoms with Crippen LogP contribution in [0.3, 0.4) is 0 Å². The molecule has 4 heteroatoms. The van der Waals surface area contributed by atoms with Crippen molar-refractivity contribution in [3.8, 4) is 5.75 Å². The minimum absolute atomic E-state index is 0.203. The Labute approximate surface area is 90.1 Å². The van der Waals surface area contributed by atoms with E-state index in [1.54, 1.807) is 6.07 Å². The average Bonchev–Trinajstić information content (AvgIpc) is 2.93. The molecule has 76 valence electrons. The predicted molar refractivity (Wildman–Crippen MR) is 55.7 cm³/mol. The van der Waals surface area contributed by atoms with Gasteiger partial charge in [-0.25, -0.2) is 4.39 Å². The molecule has 1 aliphatic carbocycles. The number of benzene rings is 1. The first-order valence-corrected chi connectivity index (χ1v) is 5.27. The first-order valence-electron chi connectivity index (χ1n) is 4.48. The molecule has 0 unspecified atom stereocenters. The lowest BCUT2D eigenvalue weighted by Gasteiger charge is -2.16. The maximum atomic E-state index is 13.1. The largest absolute Gasteiger partial charge is 0.505 e. The zero-order valence-corrected chi connectivity index (χ0v) is 9.14. The van der Waals surface area contributed by atoms with Gasteiger partial charge in [0.1, 0.15) is 0 Å². The topological polar surface area (TPSA) is 46.2 Å². The van der Waals surface area contributed by atoms with E-state index < -0.39 is 5.82 Å². The Kier molecular flexibility index (Phi) is 2.27. The van der Waals surface area contributed by atoms with Crippen LogP contribution < -0.4 is 5.73 Å². The summed E-state index contributed by atoms with van der Waals surface area (Å²) >= 11 is 3.32. The third-order valence-electron chi connectivity index (χ3n) is 2.85. The van der Waals surface area contributed by atoms with Gasteiger partial charge in [-0.05, 0) is 25.0 Å². The van der Waals surface area contributed by atoms with Crippen molar-refractivity contribution < 1.29 is 9.50 Å². The molecule has 0 aromatic heterocycles. The second-order valence-corrected chi connectivity index (χ2v) is 4.59. The van der Waals surface area contributed by atoms with Crippen LogP contribution in [-0.4, -0.2) is 11.7 Å². The van der Waals surface area contributed by atoms with E-state index in [1.807, 2.05) is 0 Å². The van der Waals surface area contributed by atoms with Crippen LogP contribution in [-0.2, 0) is 5.41 Å². The summed E-state index contributed by atoms with van der Waals surface area (Å²) < 4.78 is 13.9. The molecule has 0 aliphatic heterocycles. The molecule has 1 aliphatic rings. The Balaban J connectivity index is 2.57. The molecule has 1 fully saturated rings. The van der Waals surface area contributed by atoms with Crippen LogP contribution >= 0.6 is 15.9 Å². The van der Waals surface area contributed by atoms with Gasteiger partial charge in [-0.3, -0.25) is 0 Å². The molecule has 0 radical (unpaired) electrons.